The summed E-state index contributed by atoms with van der Waals surface area (Å²) >= 11 is 6.37. The molecule has 0 N–H and O–H groups in total. The van der Waals surface area contributed by atoms with E-state index in [9.17, 15) is 8.42 Å². The molecule has 84 valence electrons. The third-order valence-corrected chi connectivity index (χ3v) is 6.31. The smallest absolute Gasteiger partial charge is 0.161 e. The van der Waals surface area contributed by atoms with E-state index in [0.717, 1.165) is 12.0 Å². The minimum absolute atomic E-state index is 0.0247. The van der Waals surface area contributed by atoms with Crippen LogP contribution in [-0.2, 0) is 16.3 Å². The summed E-state index contributed by atoms with van der Waals surface area (Å²) in [5.74, 6) is 0.160. The van der Waals surface area contributed by atoms with Crippen LogP contribution in [0.1, 0.15) is 5.56 Å². The van der Waals surface area contributed by atoms with Crippen molar-refractivity contribution in [3.05, 3.63) is 35.9 Å². The molecule has 15 heavy (non-hydrogen) atoms. The van der Waals surface area contributed by atoms with E-state index in [4.69, 9.17) is 0 Å². The number of alkyl halides is 2. The number of sulfone groups is 1. The van der Waals surface area contributed by atoms with Crippen molar-refractivity contribution in [2.75, 3.05) is 10.4 Å². The van der Waals surface area contributed by atoms with Gasteiger partial charge in [0.05, 0.1) is 5.75 Å². The summed E-state index contributed by atoms with van der Waals surface area (Å²) in [6, 6.07) is 9.84. The summed E-state index contributed by atoms with van der Waals surface area (Å²) in [6.45, 7) is 0. The fourth-order valence-electron chi connectivity index (χ4n) is 1.25. The van der Waals surface area contributed by atoms with E-state index >= 15 is 0 Å². The number of rotatable bonds is 5. The second-order valence-corrected chi connectivity index (χ2v) is 8.01. The Kier molecular flexibility index (Phi) is 5.29. The highest BCUT2D eigenvalue weighted by Crippen LogP contribution is 2.13. The molecule has 1 unspecified atom stereocenters. The zero-order valence-electron chi connectivity index (χ0n) is 8.07. The molecule has 0 bridgehead atoms. The molecule has 1 rings (SSSR count). The van der Waals surface area contributed by atoms with Gasteiger partial charge in [0.1, 0.15) is 4.66 Å². The Balaban J connectivity index is 2.54. The SMILES string of the molecule is O=S(=O)(CBr)CC(Br)Cc1ccccc1. The highest BCUT2D eigenvalue weighted by molar-refractivity contribution is 9.11. The summed E-state index contributed by atoms with van der Waals surface area (Å²) < 4.78 is 22.7. The number of benzene rings is 1. The first-order valence-corrected chi connectivity index (χ1v) is 8.34. The third-order valence-electron chi connectivity index (χ3n) is 1.90. The number of hydrogen-bond donors (Lipinski definition) is 0. The molecule has 0 aliphatic carbocycles. The van der Waals surface area contributed by atoms with Crippen LogP contribution in [-0.4, -0.2) is 23.7 Å². The van der Waals surface area contributed by atoms with Crippen molar-refractivity contribution in [2.45, 2.75) is 11.2 Å². The molecule has 0 aliphatic heterocycles. The third kappa shape index (κ3) is 5.13. The molecule has 0 amide bonds. The molecule has 0 aliphatic rings. The van der Waals surface area contributed by atoms with Gasteiger partial charge in [0.15, 0.2) is 9.84 Å². The van der Waals surface area contributed by atoms with Crippen LogP contribution >= 0.6 is 31.9 Å². The van der Waals surface area contributed by atoms with E-state index in [1.807, 2.05) is 30.3 Å². The lowest BCUT2D eigenvalue weighted by Gasteiger charge is -2.08. The first kappa shape index (κ1) is 13.2. The summed E-state index contributed by atoms with van der Waals surface area (Å²) in [7, 11) is -2.97. The van der Waals surface area contributed by atoms with Crippen LogP contribution < -0.4 is 0 Å². The van der Waals surface area contributed by atoms with Gasteiger partial charge in [-0.2, -0.15) is 0 Å². The van der Waals surface area contributed by atoms with Gasteiger partial charge in [0.2, 0.25) is 0 Å². The second-order valence-electron chi connectivity index (χ2n) is 3.31. The molecular weight excluding hydrogens is 344 g/mol. The normalized spacial score (nSPS) is 13.7. The first-order chi connectivity index (χ1) is 7.03. The fourth-order valence-corrected chi connectivity index (χ4v) is 4.15. The predicted molar refractivity (Wildman–Crippen MR) is 70.4 cm³/mol. The van der Waals surface area contributed by atoms with Crippen LogP contribution in [0.5, 0.6) is 0 Å². The van der Waals surface area contributed by atoms with E-state index in [1.54, 1.807) is 0 Å². The van der Waals surface area contributed by atoms with Gasteiger partial charge in [-0.25, -0.2) is 8.42 Å². The molecule has 0 radical (unpaired) electrons. The maximum atomic E-state index is 11.3. The van der Waals surface area contributed by atoms with Gasteiger partial charge in [-0.1, -0.05) is 62.2 Å². The molecule has 0 heterocycles. The van der Waals surface area contributed by atoms with E-state index in [-0.39, 0.29) is 15.2 Å². The monoisotopic (exact) mass is 354 g/mol. The van der Waals surface area contributed by atoms with Crippen molar-refractivity contribution >= 4 is 41.7 Å². The summed E-state index contributed by atoms with van der Waals surface area (Å²) in [4.78, 5) is -0.0255. The largest absolute Gasteiger partial charge is 0.228 e. The summed E-state index contributed by atoms with van der Waals surface area (Å²) in [6.07, 6.45) is 0.729. The maximum Gasteiger partial charge on any atom is 0.161 e. The van der Waals surface area contributed by atoms with Gasteiger partial charge < -0.3 is 0 Å². The maximum absolute atomic E-state index is 11.3. The van der Waals surface area contributed by atoms with Crippen LogP contribution in [0.3, 0.4) is 0 Å². The van der Waals surface area contributed by atoms with Gasteiger partial charge in [-0.05, 0) is 12.0 Å². The van der Waals surface area contributed by atoms with Crippen LogP contribution in [0.25, 0.3) is 0 Å². The lowest BCUT2D eigenvalue weighted by Crippen LogP contribution is -2.18. The van der Waals surface area contributed by atoms with Gasteiger partial charge in [-0.3, -0.25) is 0 Å². The van der Waals surface area contributed by atoms with E-state index in [2.05, 4.69) is 31.9 Å². The van der Waals surface area contributed by atoms with E-state index in [0.29, 0.717) is 0 Å². The van der Waals surface area contributed by atoms with Gasteiger partial charge in [-0.15, -0.1) is 0 Å². The van der Waals surface area contributed by atoms with Gasteiger partial charge in [0, 0.05) is 4.83 Å². The molecule has 0 aromatic heterocycles. The molecule has 0 spiro atoms. The van der Waals surface area contributed by atoms with E-state index in [1.165, 1.54) is 0 Å². The Morgan fingerprint density at radius 1 is 1.20 bits per heavy atom. The van der Waals surface area contributed by atoms with E-state index < -0.39 is 9.84 Å². The molecule has 1 aromatic rings. The van der Waals surface area contributed by atoms with Gasteiger partial charge in [0.25, 0.3) is 0 Å². The zero-order valence-corrected chi connectivity index (χ0v) is 12.1. The average Bonchev–Trinajstić information content (AvgIpc) is 2.18. The Morgan fingerprint density at radius 3 is 2.33 bits per heavy atom. The fraction of sp³-hybridized carbons (Fsp3) is 0.400. The van der Waals surface area contributed by atoms with Crippen LogP contribution in [0.15, 0.2) is 30.3 Å². The molecule has 5 heteroatoms. The second kappa shape index (κ2) is 6.01. The number of halogens is 2. The standard InChI is InChI=1S/C10H12Br2O2S/c11-8-15(13,14)7-10(12)6-9-4-2-1-3-5-9/h1-5,10H,6-8H2. The molecular formula is C10H12Br2O2S. The molecule has 0 saturated carbocycles. The lowest BCUT2D eigenvalue weighted by molar-refractivity contribution is 0.599. The number of hydrogen-bond acceptors (Lipinski definition) is 2. The first-order valence-electron chi connectivity index (χ1n) is 4.48. The van der Waals surface area contributed by atoms with Crippen LogP contribution in [0, 0.1) is 0 Å². The van der Waals surface area contributed by atoms with Crippen molar-refractivity contribution in [3.63, 3.8) is 0 Å². The minimum atomic E-state index is -2.97. The molecule has 1 aromatic carbocycles. The lowest BCUT2D eigenvalue weighted by atomic mass is 10.1. The van der Waals surface area contributed by atoms with Crippen molar-refractivity contribution in [1.29, 1.82) is 0 Å². The topological polar surface area (TPSA) is 34.1 Å². The van der Waals surface area contributed by atoms with Crippen LogP contribution in [0.4, 0.5) is 0 Å². The van der Waals surface area contributed by atoms with Crippen LogP contribution in [0.2, 0.25) is 0 Å². The summed E-state index contributed by atoms with van der Waals surface area (Å²) in [5, 5.41) is 0. The zero-order chi connectivity index (χ0) is 11.3. The highest BCUT2D eigenvalue weighted by Gasteiger charge is 2.15. The van der Waals surface area contributed by atoms with Crippen molar-refractivity contribution in [3.8, 4) is 0 Å². The Bertz CT molecular complexity index is 389. The Labute approximate surface area is 107 Å². The molecule has 1 atom stereocenters. The van der Waals surface area contributed by atoms with Crippen molar-refractivity contribution in [2.24, 2.45) is 0 Å². The molecule has 0 fully saturated rings. The van der Waals surface area contributed by atoms with Gasteiger partial charge >= 0.3 is 0 Å². The Morgan fingerprint density at radius 2 is 1.80 bits per heavy atom. The highest BCUT2D eigenvalue weighted by atomic mass is 79.9. The minimum Gasteiger partial charge on any atom is -0.228 e. The molecule has 0 saturated heterocycles. The molecule has 2 nitrogen and oxygen atoms in total. The average molecular weight is 356 g/mol. The van der Waals surface area contributed by atoms with Crippen molar-refractivity contribution in [1.82, 2.24) is 0 Å². The quantitative estimate of drug-likeness (QED) is 0.761. The predicted octanol–water partition coefficient (Wildman–Crippen LogP) is 2.76. The Hall–Kier alpha value is 0.130. The van der Waals surface area contributed by atoms with Crippen molar-refractivity contribution < 1.29 is 8.42 Å². The summed E-state index contributed by atoms with van der Waals surface area (Å²) in [5.41, 5.74) is 1.14.